The average Bonchev–Trinajstić information content (AvgIpc) is 3.33. The summed E-state index contributed by atoms with van der Waals surface area (Å²) in [5.41, 5.74) is 4.64. The summed E-state index contributed by atoms with van der Waals surface area (Å²) in [5, 5.41) is 3.05. The van der Waals surface area contributed by atoms with Crippen molar-refractivity contribution in [2.75, 3.05) is 32.3 Å². The molecule has 1 saturated heterocycles. The van der Waals surface area contributed by atoms with Gasteiger partial charge in [0.25, 0.3) is 0 Å². The van der Waals surface area contributed by atoms with Gasteiger partial charge in [-0.15, -0.1) is 0 Å². The van der Waals surface area contributed by atoms with Crippen molar-refractivity contribution in [1.29, 1.82) is 0 Å². The number of amides is 2. The number of likely N-dealkylation sites (tertiary alicyclic amines) is 1. The van der Waals surface area contributed by atoms with Crippen LogP contribution in [0.4, 0.5) is 10.5 Å². The monoisotopic (exact) mass is 484 g/mol. The Morgan fingerprint density at radius 1 is 1.14 bits per heavy atom. The Balaban J connectivity index is 1.25. The van der Waals surface area contributed by atoms with Crippen molar-refractivity contribution in [2.45, 2.75) is 25.4 Å². The number of anilines is 1. The van der Waals surface area contributed by atoms with Crippen molar-refractivity contribution >= 4 is 17.2 Å². The fourth-order valence-electron chi connectivity index (χ4n) is 5.07. The fourth-order valence-corrected chi connectivity index (χ4v) is 5.07. The van der Waals surface area contributed by atoms with Crippen molar-refractivity contribution in [3.63, 3.8) is 0 Å². The van der Waals surface area contributed by atoms with E-state index >= 15 is 0 Å². The van der Waals surface area contributed by atoms with Crippen LogP contribution in [0.1, 0.15) is 30.1 Å². The van der Waals surface area contributed by atoms with Crippen LogP contribution in [0.15, 0.2) is 66.9 Å². The molecular formula is C28H28N4O4. The standard InChI is InChI=1S/C28H28N4O4/c1-34-23-8-4-6-19(15-23)26-24-9-2-3-13-32(24)27(30-26)20-7-5-12-31(16-20)28(33)29-22-10-11-25-21(14-22)17-35-18-36-25/h2-4,6,8-11,13-15,20H,5,7,12,16-18H2,1H3,(H,29,33). The second-order valence-electron chi connectivity index (χ2n) is 9.15. The van der Waals surface area contributed by atoms with E-state index in [0.29, 0.717) is 19.7 Å². The first kappa shape index (κ1) is 22.4. The number of aromatic nitrogens is 2. The lowest BCUT2D eigenvalue weighted by molar-refractivity contribution is -0.0163. The normalized spacial score (nSPS) is 17.4. The summed E-state index contributed by atoms with van der Waals surface area (Å²) in [5.74, 6) is 2.70. The van der Waals surface area contributed by atoms with E-state index in [-0.39, 0.29) is 18.7 Å². The van der Waals surface area contributed by atoms with Gasteiger partial charge >= 0.3 is 6.03 Å². The summed E-state index contributed by atoms with van der Waals surface area (Å²) in [6, 6.07) is 19.7. The highest BCUT2D eigenvalue weighted by Crippen LogP contribution is 2.33. The highest BCUT2D eigenvalue weighted by atomic mass is 16.7. The Morgan fingerprint density at radius 3 is 3.00 bits per heavy atom. The summed E-state index contributed by atoms with van der Waals surface area (Å²) in [4.78, 5) is 20.2. The van der Waals surface area contributed by atoms with E-state index in [1.54, 1.807) is 7.11 Å². The lowest BCUT2D eigenvalue weighted by atomic mass is 9.97. The maximum absolute atomic E-state index is 13.2. The van der Waals surface area contributed by atoms with E-state index in [0.717, 1.165) is 58.2 Å². The van der Waals surface area contributed by atoms with Gasteiger partial charge in [-0.2, -0.15) is 0 Å². The van der Waals surface area contributed by atoms with Gasteiger partial charge in [-0.05, 0) is 55.3 Å². The van der Waals surface area contributed by atoms with Crippen molar-refractivity contribution in [3.05, 3.63) is 78.2 Å². The molecule has 2 aromatic heterocycles. The third-order valence-electron chi connectivity index (χ3n) is 6.86. The number of hydrogen-bond donors (Lipinski definition) is 1. The number of carbonyl (C=O) groups is 1. The van der Waals surface area contributed by atoms with Crippen LogP contribution < -0.4 is 14.8 Å². The van der Waals surface area contributed by atoms with Gasteiger partial charge in [-0.1, -0.05) is 18.2 Å². The van der Waals surface area contributed by atoms with Crippen LogP contribution in [-0.4, -0.2) is 47.3 Å². The van der Waals surface area contributed by atoms with Gasteiger partial charge in [-0.3, -0.25) is 0 Å². The van der Waals surface area contributed by atoms with Gasteiger partial charge in [0.1, 0.15) is 17.3 Å². The molecule has 0 spiro atoms. The number of benzene rings is 2. The van der Waals surface area contributed by atoms with Gasteiger partial charge in [0.15, 0.2) is 6.79 Å². The molecule has 0 saturated carbocycles. The third-order valence-corrected chi connectivity index (χ3v) is 6.86. The Bertz CT molecular complexity index is 1420. The summed E-state index contributed by atoms with van der Waals surface area (Å²) < 4.78 is 18.4. The van der Waals surface area contributed by atoms with Crippen LogP contribution in [0, 0.1) is 0 Å². The molecule has 1 fully saturated rings. The summed E-state index contributed by atoms with van der Waals surface area (Å²) in [6.07, 6.45) is 3.95. The second kappa shape index (κ2) is 9.54. The summed E-state index contributed by atoms with van der Waals surface area (Å²) in [6.45, 7) is 2.06. The number of ether oxygens (including phenoxy) is 3. The van der Waals surface area contributed by atoms with E-state index in [9.17, 15) is 4.79 Å². The molecular weight excluding hydrogens is 456 g/mol. The van der Waals surface area contributed by atoms with Gasteiger partial charge < -0.3 is 28.8 Å². The topological polar surface area (TPSA) is 77.3 Å². The zero-order valence-electron chi connectivity index (χ0n) is 20.1. The lowest BCUT2D eigenvalue weighted by Gasteiger charge is -2.32. The quantitative estimate of drug-likeness (QED) is 0.426. The maximum atomic E-state index is 13.2. The number of urea groups is 1. The van der Waals surface area contributed by atoms with E-state index in [1.807, 2.05) is 53.4 Å². The molecule has 0 bridgehead atoms. The first-order chi connectivity index (χ1) is 17.7. The second-order valence-corrected chi connectivity index (χ2v) is 9.15. The van der Waals surface area contributed by atoms with Gasteiger partial charge in [0, 0.05) is 42.0 Å². The minimum atomic E-state index is -0.105. The summed E-state index contributed by atoms with van der Waals surface area (Å²) in [7, 11) is 1.67. The molecule has 0 radical (unpaired) electrons. The zero-order valence-corrected chi connectivity index (χ0v) is 20.1. The SMILES string of the molecule is COc1cccc(-c2nc(C3CCCN(C(=O)Nc4ccc5c(c4)COCO5)C3)n3ccccc23)c1. The van der Waals surface area contributed by atoms with Crippen molar-refractivity contribution in [3.8, 4) is 22.8 Å². The first-order valence-corrected chi connectivity index (χ1v) is 12.2. The molecule has 8 heteroatoms. The van der Waals surface area contributed by atoms with E-state index in [4.69, 9.17) is 19.2 Å². The van der Waals surface area contributed by atoms with Crippen LogP contribution in [-0.2, 0) is 11.3 Å². The maximum Gasteiger partial charge on any atom is 0.321 e. The molecule has 1 atom stereocenters. The Hall–Kier alpha value is -4.04. The minimum Gasteiger partial charge on any atom is -0.497 e. The molecule has 6 rings (SSSR count). The molecule has 1 N–H and O–H groups in total. The molecule has 1 unspecified atom stereocenters. The predicted octanol–water partition coefficient (Wildman–Crippen LogP) is 5.29. The Morgan fingerprint density at radius 2 is 2.08 bits per heavy atom. The molecule has 4 heterocycles. The number of pyridine rings is 1. The van der Waals surface area contributed by atoms with Crippen LogP contribution in [0.5, 0.6) is 11.5 Å². The van der Waals surface area contributed by atoms with E-state index in [2.05, 4.69) is 28.0 Å². The molecule has 2 aromatic carbocycles. The Labute approximate surface area is 209 Å². The number of rotatable bonds is 4. The van der Waals surface area contributed by atoms with Crippen LogP contribution in [0.2, 0.25) is 0 Å². The van der Waals surface area contributed by atoms with Gasteiger partial charge in [0.05, 0.1) is 24.9 Å². The zero-order chi connectivity index (χ0) is 24.5. The number of carbonyl (C=O) groups excluding carboxylic acids is 1. The minimum absolute atomic E-state index is 0.105. The average molecular weight is 485 g/mol. The number of piperidine rings is 1. The lowest BCUT2D eigenvalue weighted by Crippen LogP contribution is -2.42. The number of fused-ring (bicyclic) bond motifs is 2. The number of imidazole rings is 1. The summed E-state index contributed by atoms with van der Waals surface area (Å²) >= 11 is 0. The predicted molar refractivity (Wildman–Crippen MR) is 136 cm³/mol. The molecule has 2 aliphatic heterocycles. The smallest absolute Gasteiger partial charge is 0.321 e. The molecule has 4 aromatic rings. The fraction of sp³-hybridized carbons (Fsp3) is 0.286. The van der Waals surface area contributed by atoms with Crippen molar-refractivity contribution in [1.82, 2.24) is 14.3 Å². The number of nitrogens with one attached hydrogen (secondary N) is 1. The van der Waals surface area contributed by atoms with Crippen LogP contribution in [0.25, 0.3) is 16.8 Å². The Kier molecular flexibility index (Phi) is 5.95. The van der Waals surface area contributed by atoms with Crippen LogP contribution >= 0.6 is 0 Å². The number of nitrogens with zero attached hydrogens (tertiary/aromatic N) is 3. The third kappa shape index (κ3) is 4.24. The molecule has 36 heavy (non-hydrogen) atoms. The van der Waals surface area contributed by atoms with E-state index in [1.165, 1.54) is 0 Å². The highest BCUT2D eigenvalue weighted by molar-refractivity contribution is 5.89. The highest BCUT2D eigenvalue weighted by Gasteiger charge is 2.29. The van der Waals surface area contributed by atoms with Gasteiger partial charge in [0.2, 0.25) is 0 Å². The number of hydrogen-bond acceptors (Lipinski definition) is 5. The van der Waals surface area contributed by atoms with Crippen molar-refractivity contribution in [2.24, 2.45) is 0 Å². The largest absolute Gasteiger partial charge is 0.497 e. The first-order valence-electron chi connectivity index (χ1n) is 12.2. The molecule has 0 aliphatic carbocycles. The molecule has 2 amide bonds. The molecule has 2 aliphatic rings. The van der Waals surface area contributed by atoms with Crippen molar-refractivity contribution < 1.29 is 19.0 Å². The van der Waals surface area contributed by atoms with E-state index < -0.39 is 0 Å². The van der Waals surface area contributed by atoms with Crippen LogP contribution in [0.3, 0.4) is 0 Å². The number of methoxy groups -OCH3 is 1. The van der Waals surface area contributed by atoms with Gasteiger partial charge in [-0.25, -0.2) is 9.78 Å². The molecule has 8 nitrogen and oxygen atoms in total. The molecule has 184 valence electrons.